The molecule has 0 aliphatic carbocycles. The van der Waals surface area contributed by atoms with E-state index in [0.29, 0.717) is 12.5 Å². The Morgan fingerprint density at radius 1 is 1.65 bits per heavy atom. The molecule has 1 aliphatic heterocycles. The molecule has 0 unspecified atom stereocenters. The fourth-order valence-corrected chi connectivity index (χ4v) is 2.98. The Labute approximate surface area is 103 Å². The quantitative estimate of drug-likeness (QED) is 0.825. The Morgan fingerprint density at radius 2 is 2.35 bits per heavy atom. The molecule has 6 heteroatoms. The zero-order chi connectivity index (χ0) is 12.3. The van der Waals surface area contributed by atoms with Crippen molar-refractivity contribution in [3.8, 4) is 6.07 Å². The Bertz CT molecular complexity index is 444. The number of rotatable bonds is 3. The standard InChI is InChI=1S/C11H13N3O2S/c12-3-6-14-4-1-8(2-5-14)10-13-9(7-17-10)11(15)16/h7-8H,1-2,4-6H2,(H,15,16). The summed E-state index contributed by atoms with van der Waals surface area (Å²) in [6.45, 7) is 2.26. The molecule has 1 saturated heterocycles. The van der Waals surface area contributed by atoms with Crippen LogP contribution in [0.2, 0.25) is 0 Å². The molecule has 2 heterocycles. The lowest BCUT2D eigenvalue weighted by molar-refractivity contribution is 0.0691. The van der Waals surface area contributed by atoms with Crippen LogP contribution in [-0.2, 0) is 0 Å². The normalized spacial score (nSPS) is 17.8. The van der Waals surface area contributed by atoms with Crippen molar-refractivity contribution in [3.63, 3.8) is 0 Å². The van der Waals surface area contributed by atoms with Crippen LogP contribution in [0, 0.1) is 11.3 Å². The van der Waals surface area contributed by atoms with Gasteiger partial charge in [0.25, 0.3) is 0 Å². The van der Waals surface area contributed by atoms with Gasteiger partial charge in [-0.05, 0) is 25.9 Å². The van der Waals surface area contributed by atoms with Gasteiger partial charge < -0.3 is 5.11 Å². The molecule has 5 nitrogen and oxygen atoms in total. The number of carboxylic acids is 1. The first-order valence-corrected chi connectivity index (χ1v) is 6.36. The van der Waals surface area contributed by atoms with Gasteiger partial charge in [-0.15, -0.1) is 11.3 Å². The third kappa shape index (κ3) is 2.81. The van der Waals surface area contributed by atoms with E-state index in [2.05, 4.69) is 16.0 Å². The first-order chi connectivity index (χ1) is 8.20. The second kappa shape index (κ2) is 5.25. The van der Waals surface area contributed by atoms with Crippen molar-refractivity contribution in [2.24, 2.45) is 0 Å². The fraction of sp³-hybridized carbons (Fsp3) is 0.545. The summed E-state index contributed by atoms with van der Waals surface area (Å²) in [4.78, 5) is 17.0. The van der Waals surface area contributed by atoms with Gasteiger partial charge in [0.1, 0.15) is 0 Å². The number of nitrogens with zero attached hydrogens (tertiary/aromatic N) is 3. The van der Waals surface area contributed by atoms with Crippen molar-refractivity contribution in [1.82, 2.24) is 9.88 Å². The van der Waals surface area contributed by atoms with Gasteiger partial charge in [-0.1, -0.05) is 0 Å². The first-order valence-electron chi connectivity index (χ1n) is 5.48. The monoisotopic (exact) mass is 251 g/mol. The van der Waals surface area contributed by atoms with Crippen molar-refractivity contribution < 1.29 is 9.90 Å². The highest BCUT2D eigenvalue weighted by molar-refractivity contribution is 7.09. The fourth-order valence-electron chi connectivity index (χ4n) is 2.01. The van der Waals surface area contributed by atoms with Gasteiger partial charge in [-0.3, -0.25) is 4.90 Å². The van der Waals surface area contributed by atoms with Crippen molar-refractivity contribution >= 4 is 17.3 Å². The molecule has 1 N–H and O–H groups in total. The molecule has 0 aromatic carbocycles. The average molecular weight is 251 g/mol. The first kappa shape index (κ1) is 12.0. The zero-order valence-corrected chi connectivity index (χ0v) is 10.1. The van der Waals surface area contributed by atoms with E-state index >= 15 is 0 Å². The van der Waals surface area contributed by atoms with Gasteiger partial charge in [-0.25, -0.2) is 9.78 Å². The molecule has 1 aromatic rings. The topological polar surface area (TPSA) is 77.2 Å². The van der Waals surface area contributed by atoms with E-state index in [1.165, 1.54) is 11.3 Å². The van der Waals surface area contributed by atoms with Crippen LogP contribution < -0.4 is 0 Å². The van der Waals surface area contributed by atoms with Crippen molar-refractivity contribution in [2.45, 2.75) is 18.8 Å². The van der Waals surface area contributed by atoms with Crippen molar-refractivity contribution in [2.75, 3.05) is 19.6 Å². The number of carboxylic acid groups (broad SMARTS) is 1. The van der Waals surface area contributed by atoms with E-state index < -0.39 is 5.97 Å². The number of hydrogen-bond acceptors (Lipinski definition) is 5. The van der Waals surface area contributed by atoms with Gasteiger partial charge in [0, 0.05) is 11.3 Å². The molecule has 0 atom stereocenters. The average Bonchev–Trinajstić information content (AvgIpc) is 2.80. The third-order valence-electron chi connectivity index (χ3n) is 2.97. The number of nitriles is 1. The molecule has 0 bridgehead atoms. The number of hydrogen-bond donors (Lipinski definition) is 1. The molecule has 2 rings (SSSR count). The minimum atomic E-state index is -0.964. The highest BCUT2D eigenvalue weighted by Crippen LogP contribution is 2.30. The molecule has 0 radical (unpaired) electrons. The lowest BCUT2D eigenvalue weighted by Crippen LogP contribution is -2.33. The second-order valence-electron chi connectivity index (χ2n) is 4.08. The van der Waals surface area contributed by atoms with Crippen LogP contribution in [0.3, 0.4) is 0 Å². The minimum absolute atomic E-state index is 0.143. The summed E-state index contributed by atoms with van der Waals surface area (Å²) >= 11 is 1.42. The van der Waals surface area contributed by atoms with Gasteiger partial charge in [0.2, 0.25) is 0 Å². The molecule has 1 fully saturated rings. The van der Waals surface area contributed by atoms with E-state index in [0.717, 1.165) is 30.9 Å². The van der Waals surface area contributed by atoms with Crippen LogP contribution in [0.15, 0.2) is 5.38 Å². The number of carbonyl (C=O) groups is 1. The van der Waals surface area contributed by atoms with Crippen LogP contribution in [0.5, 0.6) is 0 Å². The van der Waals surface area contributed by atoms with Crippen molar-refractivity contribution in [3.05, 3.63) is 16.1 Å². The van der Waals surface area contributed by atoms with Crippen LogP contribution in [0.25, 0.3) is 0 Å². The highest BCUT2D eigenvalue weighted by Gasteiger charge is 2.23. The highest BCUT2D eigenvalue weighted by atomic mass is 32.1. The van der Waals surface area contributed by atoms with Crippen LogP contribution >= 0.6 is 11.3 Å². The maximum Gasteiger partial charge on any atom is 0.355 e. The summed E-state index contributed by atoms with van der Waals surface area (Å²) in [5.41, 5.74) is 0.143. The Kier molecular flexibility index (Phi) is 3.71. The smallest absolute Gasteiger partial charge is 0.355 e. The Hall–Kier alpha value is -1.45. The van der Waals surface area contributed by atoms with Gasteiger partial charge in [0.15, 0.2) is 5.69 Å². The number of piperidine rings is 1. The maximum absolute atomic E-state index is 10.7. The second-order valence-corrected chi connectivity index (χ2v) is 4.97. The van der Waals surface area contributed by atoms with Gasteiger partial charge in [-0.2, -0.15) is 5.26 Å². The minimum Gasteiger partial charge on any atom is -0.476 e. The Balaban J connectivity index is 1.96. The van der Waals surface area contributed by atoms with Crippen LogP contribution in [-0.4, -0.2) is 40.6 Å². The van der Waals surface area contributed by atoms with E-state index in [1.54, 1.807) is 5.38 Å². The van der Waals surface area contributed by atoms with Crippen LogP contribution in [0.1, 0.15) is 34.3 Å². The largest absolute Gasteiger partial charge is 0.476 e. The SMILES string of the molecule is N#CCN1CCC(c2nc(C(=O)O)cs2)CC1. The summed E-state index contributed by atoms with van der Waals surface area (Å²) in [5.74, 6) is -0.613. The molecule has 1 aromatic heterocycles. The lowest BCUT2D eigenvalue weighted by Gasteiger charge is -2.28. The number of aromatic nitrogens is 1. The number of aromatic carboxylic acids is 1. The van der Waals surface area contributed by atoms with E-state index in [9.17, 15) is 4.79 Å². The summed E-state index contributed by atoms with van der Waals surface area (Å²) in [6, 6.07) is 2.15. The van der Waals surface area contributed by atoms with E-state index in [-0.39, 0.29) is 5.69 Å². The van der Waals surface area contributed by atoms with Crippen molar-refractivity contribution in [1.29, 1.82) is 5.26 Å². The summed E-state index contributed by atoms with van der Waals surface area (Å²) in [6.07, 6.45) is 1.91. The maximum atomic E-state index is 10.7. The zero-order valence-electron chi connectivity index (χ0n) is 9.30. The molecule has 0 spiro atoms. The predicted molar refractivity (Wildman–Crippen MR) is 63.1 cm³/mol. The molecule has 90 valence electrons. The number of thiazole rings is 1. The molecular formula is C11H13N3O2S. The number of likely N-dealkylation sites (tertiary alicyclic amines) is 1. The molecule has 0 amide bonds. The van der Waals surface area contributed by atoms with Gasteiger partial charge >= 0.3 is 5.97 Å². The lowest BCUT2D eigenvalue weighted by atomic mass is 9.97. The predicted octanol–water partition coefficient (Wildman–Crippen LogP) is 1.54. The van der Waals surface area contributed by atoms with Gasteiger partial charge in [0.05, 0.1) is 17.6 Å². The summed E-state index contributed by atoms with van der Waals surface area (Å²) in [5, 5.41) is 19.9. The van der Waals surface area contributed by atoms with E-state index in [4.69, 9.17) is 10.4 Å². The Morgan fingerprint density at radius 3 is 2.88 bits per heavy atom. The summed E-state index contributed by atoms with van der Waals surface area (Å²) < 4.78 is 0. The molecular weight excluding hydrogens is 238 g/mol. The molecule has 17 heavy (non-hydrogen) atoms. The van der Waals surface area contributed by atoms with E-state index in [1.807, 2.05) is 0 Å². The molecule has 1 aliphatic rings. The third-order valence-corrected chi connectivity index (χ3v) is 3.98. The molecule has 0 saturated carbocycles. The summed E-state index contributed by atoms with van der Waals surface area (Å²) in [7, 11) is 0. The van der Waals surface area contributed by atoms with Crippen LogP contribution in [0.4, 0.5) is 0 Å².